The molecule has 2 aromatic carbocycles. The Balaban J connectivity index is 2.13. The zero-order valence-electron chi connectivity index (χ0n) is 10.8. The Hall–Kier alpha value is -2.02. The van der Waals surface area contributed by atoms with Crippen LogP contribution in [0.4, 0.5) is 5.69 Å². The molecule has 0 aliphatic rings. The summed E-state index contributed by atoms with van der Waals surface area (Å²) in [5.74, 6) is 0. The summed E-state index contributed by atoms with van der Waals surface area (Å²) in [7, 11) is 0. The van der Waals surface area contributed by atoms with Crippen LogP contribution in [0.25, 0.3) is 0 Å². The lowest BCUT2D eigenvalue weighted by Gasteiger charge is -2.28. The quantitative estimate of drug-likeness (QED) is 0.765. The lowest BCUT2D eigenvalue weighted by atomic mass is 9.92. The van der Waals surface area contributed by atoms with Crippen molar-refractivity contribution in [1.82, 2.24) is 0 Å². The minimum Gasteiger partial charge on any atom is -0.376 e. The van der Waals surface area contributed by atoms with Crippen LogP contribution in [0.15, 0.2) is 73.3 Å². The van der Waals surface area contributed by atoms with Crippen LogP contribution in [0.2, 0.25) is 0 Å². The number of para-hydroxylation sites is 1. The van der Waals surface area contributed by atoms with E-state index in [0.29, 0.717) is 0 Å². The summed E-state index contributed by atoms with van der Waals surface area (Å²) in [6, 6.07) is 20.7. The lowest BCUT2D eigenvalue weighted by molar-refractivity contribution is 0.633. The molecule has 1 atom stereocenters. The molecule has 0 radical (unpaired) electrons. The molecule has 92 valence electrons. The highest BCUT2D eigenvalue weighted by atomic mass is 15.0. The minimum atomic E-state index is -0.136. The third-order valence-electron chi connectivity index (χ3n) is 3.07. The maximum atomic E-state index is 3.96. The summed E-state index contributed by atoms with van der Waals surface area (Å²) in [5.41, 5.74) is 2.29. The summed E-state index contributed by atoms with van der Waals surface area (Å²) in [4.78, 5) is 0. The molecule has 1 unspecified atom stereocenters. The maximum Gasteiger partial charge on any atom is 0.0565 e. The van der Waals surface area contributed by atoms with E-state index >= 15 is 0 Å². The molecule has 1 nitrogen and oxygen atoms in total. The molecule has 0 amide bonds. The second-order valence-electron chi connectivity index (χ2n) is 4.77. The van der Waals surface area contributed by atoms with Crippen LogP contribution in [-0.4, -0.2) is 5.54 Å². The summed E-state index contributed by atoms with van der Waals surface area (Å²) in [6.45, 7) is 6.13. The molecule has 0 saturated carbocycles. The molecule has 1 heteroatoms. The van der Waals surface area contributed by atoms with Crippen molar-refractivity contribution in [1.29, 1.82) is 0 Å². The smallest absolute Gasteiger partial charge is 0.0565 e. The standard InChI is InChI=1S/C17H19N/c1-3-17(2,14-15-10-6-4-7-11-15)18-16-12-8-5-9-13-16/h3-13,18H,1,14H2,2H3. The van der Waals surface area contributed by atoms with Crippen LogP contribution < -0.4 is 5.32 Å². The van der Waals surface area contributed by atoms with Crippen molar-refractivity contribution in [3.63, 3.8) is 0 Å². The van der Waals surface area contributed by atoms with E-state index in [1.54, 1.807) is 0 Å². The van der Waals surface area contributed by atoms with E-state index in [2.05, 4.69) is 55.2 Å². The molecule has 1 N–H and O–H groups in total. The molecule has 2 aromatic rings. The monoisotopic (exact) mass is 237 g/mol. The van der Waals surface area contributed by atoms with Crippen molar-refractivity contribution in [3.05, 3.63) is 78.9 Å². The Bertz CT molecular complexity index is 446. The molecule has 0 aliphatic carbocycles. The van der Waals surface area contributed by atoms with E-state index in [1.165, 1.54) is 5.56 Å². The van der Waals surface area contributed by atoms with Gasteiger partial charge in [-0.2, -0.15) is 0 Å². The summed E-state index contributed by atoms with van der Waals surface area (Å²) < 4.78 is 0. The van der Waals surface area contributed by atoms with Gasteiger partial charge in [-0.25, -0.2) is 0 Å². The van der Waals surface area contributed by atoms with E-state index in [9.17, 15) is 0 Å². The van der Waals surface area contributed by atoms with Gasteiger partial charge in [-0.05, 0) is 31.0 Å². The van der Waals surface area contributed by atoms with Crippen LogP contribution in [-0.2, 0) is 6.42 Å². The fourth-order valence-electron chi connectivity index (χ4n) is 2.04. The average molecular weight is 237 g/mol. The van der Waals surface area contributed by atoms with Gasteiger partial charge in [-0.1, -0.05) is 54.6 Å². The predicted molar refractivity (Wildman–Crippen MR) is 78.8 cm³/mol. The van der Waals surface area contributed by atoms with E-state index in [4.69, 9.17) is 0 Å². The Morgan fingerprint density at radius 2 is 1.56 bits per heavy atom. The lowest BCUT2D eigenvalue weighted by Crippen LogP contribution is -2.34. The van der Waals surface area contributed by atoms with E-state index in [1.807, 2.05) is 30.3 Å². The first kappa shape index (κ1) is 12.4. The molecule has 0 aromatic heterocycles. The van der Waals surface area contributed by atoms with Crippen LogP contribution in [0, 0.1) is 0 Å². The first-order valence-corrected chi connectivity index (χ1v) is 6.23. The van der Waals surface area contributed by atoms with E-state index < -0.39 is 0 Å². The van der Waals surface area contributed by atoms with Crippen LogP contribution in [0.3, 0.4) is 0 Å². The highest BCUT2D eigenvalue weighted by Gasteiger charge is 2.20. The minimum absolute atomic E-state index is 0.136. The molecule has 0 bridgehead atoms. The molecular weight excluding hydrogens is 218 g/mol. The summed E-state index contributed by atoms with van der Waals surface area (Å²) >= 11 is 0. The Morgan fingerprint density at radius 3 is 2.11 bits per heavy atom. The third-order valence-corrected chi connectivity index (χ3v) is 3.07. The molecule has 2 rings (SSSR count). The number of rotatable bonds is 5. The number of anilines is 1. The van der Waals surface area contributed by atoms with Gasteiger partial charge in [-0.15, -0.1) is 6.58 Å². The second-order valence-corrected chi connectivity index (χ2v) is 4.77. The molecule has 0 aliphatic heterocycles. The topological polar surface area (TPSA) is 12.0 Å². The van der Waals surface area contributed by atoms with Gasteiger partial charge in [0.1, 0.15) is 0 Å². The first-order valence-electron chi connectivity index (χ1n) is 6.23. The molecule has 0 heterocycles. The van der Waals surface area contributed by atoms with Gasteiger partial charge >= 0.3 is 0 Å². The van der Waals surface area contributed by atoms with Crippen molar-refractivity contribution in [2.45, 2.75) is 18.9 Å². The highest BCUT2D eigenvalue weighted by Crippen LogP contribution is 2.20. The van der Waals surface area contributed by atoms with Crippen molar-refractivity contribution < 1.29 is 0 Å². The van der Waals surface area contributed by atoms with Gasteiger partial charge in [0.05, 0.1) is 5.54 Å². The summed E-state index contributed by atoms with van der Waals surface area (Å²) in [6.07, 6.45) is 2.90. The van der Waals surface area contributed by atoms with Gasteiger partial charge in [-0.3, -0.25) is 0 Å². The van der Waals surface area contributed by atoms with Crippen molar-refractivity contribution in [2.75, 3.05) is 5.32 Å². The van der Waals surface area contributed by atoms with Gasteiger partial charge in [0.15, 0.2) is 0 Å². The van der Waals surface area contributed by atoms with Crippen LogP contribution in [0.5, 0.6) is 0 Å². The summed E-state index contributed by atoms with van der Waals surface area (Å²) in [5, 5.41) is 3.54. The van der Waals surface area contributed by atoms with E-state index in [0.717, 1.165) is 12.1 Å². The fraction of sp³-hybridized carbons (Fsp3) is 0.176. The number of benzene rings is 2. The fourth-order valence-corrected chi connectivity index (χ4v) is 2.04. The zero-order valence-corrected chi connectivity index (χ0v) is 10.8. The molecule has 0 saturated heterocycles. The second kappa shape index (κ2) is 5.54. The Morgan fingerprint density at radius 1 is 1.00 bits per heavy atom. The Kier molecular flexibility index (Phi) is 3.83. The molecule has 18 heavy (non-hydrogen) atoms. The predicted octanol–water partition coefficient (Wildman–Crippen LogP) is 4.29. The van der Waals surface area contributed by atoms with Crippen LogP contribution >= 0.6 is 0 Å². The molecule has 0 spiro atoms. The average Bonchev–Trinajstić information content (AvgIpc) is 2.41. The van der Waals surface area contributed by atoms with Gasteiger partial charge in [0, 0.05) is 5.69 Å². The number of nitrogens with one attached hydrogen (secondary N) is 1. The molecular formula is C17H19N. The van der Waals surface area contributed by atoms with Gasteiger partial charge in [0.2, 0.25) is 0 Å². The Labute approximate surface area is 109 Å². The molecule has 0 fully saturated rings. The third kappa shape index (κ3) is 3.24. The zero-order chi connectivity index (χ0) is 12.8. The number of hydrogen-bond acceptors (Lipinski definition) is 1. The van der Waals surface area contributed by atoms with Gasteiger partial charge in [0.25, 0.3) is 0 Å². The maximum absolute atomic E-state index is 3.96. The first-order chi connectivity index (χ1) is 8.72. The van der Waals surface area contributed by atoms with Crippen molar-refractivity contribution in [3.8, 4) is 0 Å². The highest BCUT2D eigenvalue weighted by molar-refractivity contribution is 5.47. The SMILES string of the molecule is C=CC(C)(Cc1ccccc1)Nc1ccccc1. The largest absolute Gasteiger partial charge is 0.376 e. The normalized spacial score (nSPS) is 13.6. The van der Waals surface area contributed by atoms with Gasteiger partial charge < -0.3 is 5.32 Å². The van der Waals surface area contributed by atoms with Crippen LogP contribution in [0.1, 0.15) is 12.5 Å². The van der Waals surface area contributed by atoms with Crippen molar-refractivity contribution >= 4 is 5.69 Å². The number of hydrogen-bond donors (Lipinski definition) is 1. The van der Waals surface area contributed by atoms with Crippen molar-refractivity contribution in [2.24, 2.45) is 0 Å². The van der Waals surface area contributed by atoms with E-state index in [-0.39, 0.29) is 5.54 Å².